The molecule has 0 saturated carbocycles. The SMILES string of the molecule is CCOc1cc(/C=C2\C(=O)NC(=O)N(c3ccccc3)C2=O)ccc1OCC(=O)Nc1ccccc1. The molecule has 9 heteroatoms. The Kier molecular flexibility index (Phi) is 7.40. The first-order chi connectivity index (χ1) is 17.5. The lowest BCUT2D eigenvalue weighted by atomic mass is 10.1. The van der Waals surface area contributed by atoms with E-state index >= 15 is 0 Å². The van der Waals surface area contributed by atoms with Crippen molar-refractivity contribution in [3.05, 3.63) is 90.0 Å². The molecule has 1 saturated heterocycles. The molecule has 4 rings (SSSR count). The smallest absolute Gasteiger partial charge is 0.335 e. The summed E-state index contributed by atoms with van der Waals surface area (Å²) in [6, 6.07) is 21.3. The van der Waals surface area contributed by atoms with Gasteiger partial charge in [0.05, 0.1) is 12.3 Å². The molecule has 2 N–H and O–H groups in total. The van der Waals surface area contributed by atoms with Gasteiger partial charge in [0.1, 0.15) is 5.57 Å². The second-order valence-corrected chi connectivity index (χ2v) is 7.64. The van der Waals surface area contributed by atoms with Crippen molar-refractivity contribution < 1.29 is 28.7 Å². The number of barbiturate groups is 1. The third-order valence-corrected chi connectivity index (χ3v) is 5.11. The van der Waals surface area contributed by atoms with Gasteiger partial charge in [0.15, 0.2) is 18.1 Å². The van der Waals surface area contributed by atoms with E-state index in [9.17, 15) is 19.2 Å². The van der Waals surface area contributed by atoms with Gasteiger partial charge < -0.3 is 14.8 Å². The summed E-state index contributed by atoms with van der Waals surface area (Å²) in [5.74, 6) is -1.23. The Hall–Kier alpha value is -4.92. The van der Waals surface area contributed by atoms with Gasteiger partial charge in [0.25, 0.3) is 17.7 Å². The molecule has 3 aromatic carbocycles. The molecule has 5 amide bonds. The monoisotopic (exact) mass is 485 g/mol. The molecule has 3 aromatic rings. The van der Waals surface area contributed by atoms with Crippen LogP contribution in [0.25, 0.3) is 6.08 Å². The summed E-state index contributed by atoms with van der Waals surface area (Å²) < 4.78 is 11.3. The molecule has 0 bridgehead atoms. The van der Waals surface area contributed by atoms with Gasteiger partial charge in [0, 0.05) is 5.69 Å². The van der Waals surface area contributed by atoms with Crippen molar-refractivity contribution in [1.29, 1.82) is 0 Å². The van der Waals surface area contributed by atoms with Crippen LogP contribution in [-0.2, 0) is 14.4 Å². The zero-order valence-corrected chi connectivity index (χ0v) is 19.4. The Morgan fingerprint density at radius 3 is 2.31 bits per heavy atom. The molecule has 1 fully saturated rings. The molecule has 36 heavy (non-hydrogen) atoms. The van der Waals surface area contributed by atoms with Gasteiger partial charge in [0.2, 0.25) is 0 Å². The maximum Gasteiger partial charge on any atom is 0.335 e. The number of nitrogens with one attached hydrogen (secondary N) is 2. The molecule has 9 nitrogen and oxygen atoms in total. The lowest BCUT2D eigenvalue weighted by Crippen LogP contribution is -2.54. The highest BCUT2D eigenvalue weighted by molar-refractivity contribution is 6.39. The van der Waals surface area contributed by atoms with E-state index in [1.165, 1.54) is 6.08 Å². The predicted octanol–water partition coefficient (Wildman–Crippen LogP) is 3.77. The van der Waals surface area contributed by atoms with Crippen LogP contribution in [0.3, 0.4) is 0 Å². The van der Waals surface area contributed by atoms with E-state index in [4.69, 9.17) is 9.47 Å². The van der Waals surface area contributed by atoms with Gasteiger partial charge in [-0.2, -0.15) is 0 Å². The van der Waals surface area contributed by atoms with Gasteiger partial charge in [-0.1, -0.05) is 42.5 Å². The number of urea groups is 1. The Morgan fingerprint density at radius 2 is 1.61 bits per heavy atom. The van der Waals surface area contributed by atoms with Crippen molar-refractivity contribution in [2.45, 2.75) is 6.92 Å². The fraction of sp³-hybridized carbons (Fsp3) is 0.111. The van der Waals surface area contributed by atoms with Crippen LogP contribution in [0, 0.1) is 0 Å². The minimum Gasteiger partial charge on any atom is -0.490 e. The summed E-state index contributed by atoms with van der Waals surface area (Å²) in [4.78, 5) is 50.9. The number of imide groups is 2. The fourth-order valence-electron chi connectivity index (χ4n) is 3.50. The number of para-hydroxylation sites is 2. The van der Waals surface area contributed by atoms with Crippen molar-refractivity contribution in [3.8, 4) is 11.5 Å². The molecule has 0 aromatic heterocycles. The number of ether oxygens (including phenoxy) is 2. The number of carbonyl (C=O) groups excluding carboxylic acids is 4. The Morgan fingerprint density at radius 1 is 0.917 bits per heavy atom. The lowest BCUT2D eigenvalue weighted by Gasteiger charge is -2.26. The van der Waals surface area contributed by atoms with E-state index < -0.39 is 17.8 Å². The van der Waals surface area contributed by atoms with E-state index in [0.29, 0.717) is 35.0 Å². The number of hydrogen-bond acceptors (Lipinski definition) is 6. The number of anilines is 2. The van der Waals surface area contributed by atoms with Gasteiger partial charge in [-0.15, -0.1) is 0 Å². The summed E-state index contributed by atoms with van der Waals surface area (Å²) in [6.07, 6.45) is 1.37. The van der Waals surface area contributed by atoms with Crippen molar-refractivity contribution in [2.24, 2.45) is 0 Å². The van der Waals surface area contributed by atoms with Crippen LogP contribution in [0.1, 0.15) is 12.5 Å². The Balaban J connectivity index is 1.53. The zero-order chi connectivity index (χ0) is 25.5. The Bertz CT molecular complexity index is 1320. The molecule has 0 spiro atoms. The molecule has 1 aliphatic rings. The average Bonchev–Trinajstić information content (AvgIpc) is 2.87. The van der Waals surface area contributed by atoms with E-state index in [-0.39, 0.29) is 18.1 Å². The molecule has 1 heterocycles. The van der Waals surface area contributed by atoms with Crippen LogP contribution in [0.4, 0.5) is 16.2 Å². The van der Waals surface area contributed by atoms with Crippen molar-refractivity contribution in [3.63, 3.8) is 0 Å². The topological polar surface area (TPSA) is 114 Å². The van der Waals surface area contributed by atoms with Crippen molar-refractivity contribution in [2.75, 3.05) is 23.4 Å². The Labute approximate surface area is 207 Å². The maximum absolute atomic E-state index is 13.0. The molecule has 0 radical (unpaired) electrons. The molecular formula is C27H23N3O6. The number of benzene rings is 3. The standard InChI is InChI=1S/C27H23N3O6/c1-2-35-23-16-18(13-14-22(23)36-17-24(31)28-19-9-5-3-6-10-19)15-21-25(32)29-27(34)30(26(21)33)20-11-7-4-8-12-20/h3-16H,2,17H2,1H3,(H,28,31)(H,29,32,34)/b21-15+. The lowest BCUT2D eigenvalue weighted by molar-refractivity contribution is -0.122. The number of nitrogens with zero attached hydrogens (tertiary/aromatic N) is 1. The summed E-state index contributed by atoms with van der Waals surface area (Å²) in [5.41, 5.74) is 1.25. The third kappa shape index (κ3) is 5.58. The first-order valence-corrected chi connectivity index (χ1v) is 11.2. The third-order valence-electron chi connectivity index (χ3n) is 5.11. The van der Waals surface area contributed by atoms with Crippen LogP contribution in [0.5, 0.6) is 11.5 Å². The van der Waals surface area contributed by atoms with Crippen molar-refractivity contribution >= 4 is 41.2 Å². The molecule has 0 atom stereocenters. The van der Waals surface area contributed by atoms with E-state index in [0.717, 1.165) is 4.90 Å². The van der Waals surface area contributed by atoms with Crippen LogP contribution in [0.2, 0.25) is 0 Å². The number of rotatable bonds is 8. The zero-order valence-electron chi connectivity index (χ0n) is 19.4. The average molecular weight is 485 g/mol. The normalized spacial score (nSPS) is 14.4. The molecule has 182 valence electrons. The quantitative estimate of drug-likeness (QED) is 0.371. The van der Waals surface area contributed by atoms with Gasteiger partial charge in [-0.25, -0.2) is 9.69 Å². The van der Waals surface area contributed by atoms with E-state index in [1.807, 2.05) is 18.2 Å². The largest absolute Gasteiger partial charge is 0.490 e. The van der Waals surface area contributed by atoms with Gasteiger partial charge in [-0.05, 0) is 55.0 Å². The second-order valence-electron chi connectivity index (χ2n) is 7.64. The maximum atomic E-state index is 13.0. The van der Waals surface area contributed by atoms with Crippen LogP contribution in [-0.4, -0.2) is 37.0 Å². The molecule has 1 aliphatic heterocycles. The summed E-state index contributed by atoms with van der Waals surface area (Å²) in [7, 11) is 0. The number of hydrogen-bond donors (Lipinski definition) is 2. The van der Waals surface area contributed by atoms with E-state index in [1.54, 1.807) is 67.6 Å². The highest BCUT2D eigenvalue weighted by Gasteiger charge is 2.36. The van der Waals surface area contributed by atoms with Crippen LogP contribution < -0.4 is 25.0 Å². The van der Waals surface area contributed by atoms with Crippen LogP contribution in [0.15, 0.2) is 84.4 Å². The minimum atomic E-state index is -0.819. The summed E-state index contributed by atoms with van der Waals surface area (Å²) in [5, 5.41) is 4.92. The summed E-state index contributed by atoms with van der Waals surface area (Å²) in [6.45, 7) is 1.87. The highest BCUT2D eigenvalue weighted by Crippen LogP contribution is 2.30. The first kappa shape index (κ1) is 24.2. The van der Waals surface area contributed by atoms with Gasteiger partial charge in [-0.3, -0.25) is 19.7 Å². The highest BCUT2D eigenvalue weighted by atomic mass is 16.5. The second kappa shape index (κ2) is 11.0. The number of amides is 5. The molecular weight excluding hydrogens is 462 g/mol. The fourth-order valence-corrected chi connectivity index (χ4v) is 3.50. The van der Waals surface area contributed by atoms with Gasteiger partial charge >= 0.3 is 6.03 Å². The first-order valence-electron chi connectivity index (χ1n) is 11.2. The number of carbonyl (C=O) groups is 4. The molecule has 0 unspecified atom stereocenters. The predicted molar refractivity (Wildman–Crippen MR) is 134 cm³/mol. The van der Waals surface area contributed by atoms with E-state index in [2.05, 4.69) is 10.6 Å². The van der Waals surface area contributed by atoms with Crippen LogP contribution >= 0.6 is 0 Å². The summed E-state index contributed by atoms with van der Waals surface area (Å²) >= 11 is 0. The molecule has 0 aliphatic carbocycles. The van der Waals surface area contributed by atoms with Crippen molar-refractivity contribution in [1.82, 2.24) is 5.32 Å². The minimum absolute atomic E-state index is 0.211.